The Morgan fingerprint density at radius 1 is 1.29 bits per heavy atom. The number of ether oxygens (including phenoxy) is 1. The molecule has 0 atom stereocenters. The number of piperazine rings is 1. The fourth-order valence-electron chi connectivity index (χ4n) is 2.24. The van der Waals surface area contributed by atoms with Crippen LogP contribution in [0.2, 0.25) is 0 Å². The normalized spacial score (nSPS) is 15.1. The van der Waals surface area contributed by atoms with Gasteiger partial charge in [0.05, 0.1) is 11.6 Å². The number of rotatable bonds is 4. The van der Waals surface area contributed by atoms with Gasteiger partial charge in [0.25, 0.3) is 0 Å². The molecular formula is C14H21N3O3S. The molecule has 1 fully saturated rings. The summed E-state index contributed by atoms with van der Waals surface area (Å²) in [5.74, 6) is 0.131. The van der Waals surface area contributed by atoms with E-state index < -0.39 is 0 Å². The van der Waals surface area contributed by atoms with Gasteiger partial charge in [-0.05, 0) is 13.8 Å². The van der Waals surface area contributed by atoms with Crippen LogP contribution in [-0.4, -0.2) is 59.6 Å². The second-order valence-electron chi connectivity index (χ2n) is 4.95. The van der Waals surface area contributed by atoms with E-state index in [1.165, 1.54) is 0 Å². The molecule has 0 unspecified atom stereocenters. The number of carbonyl (C=O) groups excluding carboxylic acids is 2. The Kier molecular flexibility index (Phi) is 5.55. The maximum Gasteiger partial charge on any atom is 0.409 e. The van der Waals surface area contributed by atoms with Gasteiger partial charge in [-0.1, -0.05) is 0 Å². The molecule has 116 valence electrons. The van der Waals surface area contributed by atoms with Gasteiger partial charge in [0.1, 0.15) is 0 Å². The largest absolute Gasteiger partial charge is 0.450 e. The topological polar surface area (TPSA) is 62.7 Å². The van der Waals surface area contributed by atoms with Crippen molar-refractivity contribution in [2.45, 2.75) is 26.7 Å². The van der Waals surface area contributed by atoms with Crippen molar-refractivity contribution in [1.82, 2.24) is 14.8 Å². The highest BCUT2D eigenvalue weighted by molar-refractivity contribution is 7.09. The van der Waals surface area contributed by atoms with Crippen LogP contribution < -0.4 is 0 Å². The van der Waals surface area contributed by atoms with Gasteiger partial charge in [-0.15, -0.1) is 11.3 Å². The molecule has 2 rings (SSSR count). The summed E-state index contributed by atoms with van der Waals surface area (Å²) in [6.45, 7) is 6.37. The summed E-state index contributed by atoms with van der Waals surface area (Å²) in [6.07, 6.45) is 0.879. The van der Waals surface area contributed by atoms with Crippen LogP contribution in [-0.2, 0) is 16.0 Å². The van der Waals surface area contributed by atoms with Crippen molar-refractivity contribution in [3.63, 3.8) is 0 Å². The summed E-state index contributed by atoms with van der Waals surface area (Å²) in [7, 11) is 0. The molecule has 2 amide bonds. The molecule has 1 aliphatic heterocycles. The summed E-state index contributed by atoms with van der Waals surface area (Å²) in [5, 5.41) is 3.00. The standard InChI is InChI=1S/C14H21N3O3S/c1-3-20-14(19)17-8-6-16(7-9-17)13(18)5-4-12-15-11(2)10-21-12/h10H,3-9H2,1-2H3. The van der Waals surface area contributed by atoms with Crippen molar-refractivity contribution < 1.29 is 14.3 Å². The van der Waals surface area contributed by atoms with E-state index in [9.17, 15) is 9.59 Å². The highest BCUT2D eigenvalue weighted by Crippen LogP contribution is 2.12. The van der Waals surface area contributed by atoms with Crippen LogP contribution in [0.25, 0.3) is 0 Å². The van der Waals surface area contributed by atoms with Gasteiger partial charge in [-0.3, -0.25) is 4.79 Å². The summed E-state index contributed by atoms with van der Waals surface area (Å²) in [6, 6.07) is 0. The van der Waals surface area contributed by atoms with E-state index in [0.29, 0.717) is 45.6 Å². The molecule has 0 radical (unpaired) electrons. The average molecular weight is 311 g/mol. The summed E-state index contributed by atoms with van der Waals surface area (Å²) < 4.78 is 4.96. The first kappa shape index (κ1) is 15.8. The van der Waals surface area contributed by atoms with E-state index in [1.54, 1.807) is 23.2 Å². The Labute approximate surface area is 128 Å². The number of amides is 2. The highest BCUT2D eigenvalue weighted by Gasteiger charge is 2.24. The van der Waals surface area contributed by atoms with E-state index in [-0.39, 0.29) is 12.0 Å². The molecule has 2 heterocycles. The molecular weight excluding hydrogens is 290 g/mol. The molecule has 1 saturated heterocycles. The van der Waals surface area contributed by atoms with E-state index >= 15 is 0 Å². The minimum Gasteiger partial charge on any atom is -0.450 e. The molecule has 0 spiro atoms. The van der Waals surface area contributed by atoms with Crippen molar-refractivity contribution in [3.05, 3.63) is 16.1 Å². The second kappa shape index (κ2) is 7.40. The van der Waals surface area contributed by atoms with E-state index in [1.807, 2.05) is 17.2 Å². The third kappa shape index (κ3) is 4.42. The quantitative estimate of drug-likeness (QED) is 0.849. The van der Waals surface area contributed by atoms with Crippen molar-refractivity contribution in [3.8, 4) is 0 Å². The van der Waals surface area contributed by atoms with Gasteiger partial charge in [0.15, 0.2) is 0 Å². The van der Waals surface area contributed by atoms with Crippen LogP contribution in [0, 0.1) is 6.92 Å². The molecule has 1 aliphatic rings. The molecule has 0 N–H and O–H groups in total. The number of hydrogen-bond donors (Lipinski definition) is 0. The molecule has 7 heteroatoms. The number of thiazole rings is 1. The maximum atomic E-state index is 12.1. The Morgan fingerprint density at radius 3 is 2.52 bits per heavy atom. The van der Waals surface area contributed by atoms with Gasteiger partial charge in [0.2, 0.25) is 5.91 Å². The maximum absolute atomic E-state index is 12.1. The van der Waals surface area contributed by atoms with Gasteiger partial charge < -0.3 is 14.5 Å². The molecule has 6 nitrogen and oxygen atoms in total. The second-order valence-corrected chi connectivity index (χ2v) is 5.89. The van der Waals surface area contributed by atoms with Crippen LogP contribution in [0.4, 0.5) is 4.79 Å². The minimum atomic E-state index is -0.289. The van der Waals surface area contributed by atoms with Crippen LogP contribution in [0.5, 0.6) is 0 Å². The Morgan fingerprint density at radius 2 is 1.95 bits per heavy atom. The zero-order valence-corrected chi connectivity index (χ0v) is 13.3. The fraction of sp³-hybridized carbons (Fsp3) is 0.643. The first-order valence-corrected chi connectivity index (χ1v) is 8.08. The molecule has 1 aromatic rings. The number of hydrogen-bond acceptors (Lipinski definition) is 5. The number of aromatic nitrogens is 1. The lowest BCUT2D eigenvalue weighted by Crippen LogP contribution is -2.50. The fourth-order valence-corrected chi connectivity index (χ4v) is 3.02. The third-order valence-corrected chi connectivity index (χ3v) is 4.40. The smallest absolute Gasteiger partial charge is 0.409 e. The number of aryl methyl sites for hydroxylation is 2. The molecule has 1 aromatic heterocycles. The average Bonchev–Trinajstić information content (AvgIpc) is 2.91. The third-order valence-electron chi connectivity index (χ3n) is 3.38. The van der Waals surface area contributed by atoms with E-state index in [2.05, 4.69) is 4.98 Å². The molecule has 0 saturated carbocycles. The molecule has 0 aromatic carbocycles. The monoisotopic (exact) mass is 311 g/mol. The lowest BCUT2D eigenvalue weighted by atomic mass is 10.2. The summed E-state index contributed by atoms with van der Waals surface area (Å²) >= 11 is 1.60. The molecule has 0 bridgehead atoms. The summed E-state index contributed by atoms with van der Waals surface area (Å²) in [5.41, 5.74) is 1.01. The minimum absolute atomic E-state index is 0.131. The first-order valence-electron chi connectivity index (χ1n) is 7.20. The summed E-state index contributed by atoms with van der Waals surface area (Å²) in [4.78, 5) is 31.6. The van der Waals surface area contributed by atoms with Gasteiger partial charge in [-0.2, -0.15) is 0 Å². The lowest BCUT2D eigenvalue weighted by molar-refractivity contribution is -0.132. The molecule has 21 heavy (non-hydrogen) atoms. The first-order chi connectivity index (χ1) is 10.1. The SMILES string of the molecule is CCOC(=O)N1CCN(C(=O)CCc2nc(C)cs2)CC1. The van der Waals surface area contributed by atoms with Gasteiger partial charge in [0, 0.05) is 50.1 Å². The van der Waals surface area contributed by atoms with Gasteiger partial charge >= 0.3 is 6.09 Å². The van der Waals surface area contributed by atoms with Crippen LogP contribution in [0.1, 0.15) is 24.0 Å². The van der Waals surface area contributed by atoms with Crippen LogP contribution in [0.15, 0.2) is 5.38 Å². The predicted octanol–water partition coefficient (Wildman–Crippen LogP) is 1.68. The Hall–Kier alpha value is -1.63. The van der Waals surface area contributed by atoms with Crippen molar-refractivity contribution in [2.24, 2.45) is 0 Å². The zero-order chi connectivity index (χ0) is 15.2. The van der Waals surface area contributed by atoms with Crippen molar-refractivity contribution in [2.75, 3.05) is 32.8 Å². The molecule has 0 aliphatic carbocycles. The van der Waals surface area contributed by atoms with Crippen LogP contribution in [0.3, 0.4) is 0 Å². The Balaban J connectivity index is 1.74. The van der Waals surface area contributed by atoms with Crippen molar-refractivity contribution >= 4 is 23.3 Å². The number of nitrogens with zero attached hydrogens (tertiary/aromatic N) is 3. The van der Waals surface area contributed by atoms with Crippen molar-refractivity contribution in [1.29, 1.82) is 0 Å². The predicted molar refractivity (Wildman–Crippen MR) is 80.3 cm³/mol. The zero-order valence-electron chi connectivity index (χ0n) is 12.5. The van der Waals surface area contributed by atoms with Gasteiger partial charge in [-0.25, -0.2) is 9.78 Å². The highest BCUT2D eigenvalue weighted by atomic mass is 32.1. The van der Waals surface area contributed by atoms with E-state index in [0.717, 1.165) is 10.7 Å². The lowest BCUT2D eigenvalue weighted by Gasteiger charge is -2.34. The number of carbonyl (C=O) groups is 2. The van der Waals surface area contributed by atoms with E-state index in [4.69, 9.17) is 4.74 Å². The van der Waals surface area contributed by atoms with Crippen LogP contribution >= 0.6 is 11.3 Å². The Bertz CT molecular complexity index is 495.